The Balaban J connectivity index is 2.57. The smallest absolute Gasteiger partial charge is 0.327 e. The van der Waals surface area contributed by atoms with Crippen LogP contribution in [-0.2, 0) is 9.53 Å². The number of nitrogens with zero attached hydrogens (tertiary/aromatic N) is 1. The molecule has 0 aliphatic heterocycles. The topological polar surface area (TPSA) is 41.6 Å². The molecule has 19 heavy (non-hydrogen) atoms. The minimum Gasteiger partial charge on any atom is -0.465 e. The molecule has 0 amide bonds. The molecule has 1 unspecified atom stereocenters. The van der Waals surface area contributed by atoms with Crippen LogP contribution in [0.25, 0.3) is 0 Å². The first kappa shape index (κ1) is 16.4. The van der Waals surface area contributed by atoms with Gasteiger partial charge >= 0.3 is 5.97 Å². The summed E-state index contributed by atoms with van der Waals surface area (Å²) in [5.74, 6) is 0.693. The van der Waals surface area contributed by atoms with Crippen LogP contribution in [0.1, 0.15) is 46.5 Å². The molecule has 112 valence electrons. The Labute approximate surface area is 117 Å². The number of nitrogens with one attached hydrogen (secondary N) is 1. The molecule has 0 radical (unpaired) electrons. The molecule has 0 aromatic carbocycles. The molecule has 4 nitrogen and oxygen atoms in total. The van der Waals surface area contributed by atoms with Gasteiger partial charge in [0.25, 0.3) is 0 Å². The third kappa shape index (κ3) is 4.46. The summed E-state index contributed by atoms with van der Waals surface area (Å²) in [6.07, 6.45) is 5.07. The van der Waals surface area contributed by atoms with E-state index in [0.29, 0.717) is 19.2 Å². The highest BCUT2D eigenvalue weighted by Crippen LogP contribution is 2.27. The van der Waals surface area contributed by atoms with Crippen LogP contribution < -0.4 is 5.32 Å². The van der Waals surface area contributed by atoms with Crippen LogP contribution in [0.2, 0.25) is 0 Å². The molecule has 0 saturated heterocycles. The normalized spacial score (nSPS) is 27.1. The van der Waals surface area contributed by atoms with Gasteiger partial charge in [0.15, 0.2) is 0 Å². The first-order chi connectivity index (χ1) is 8.92. The van der Waals surface area contributed by atoms with Gasteiger partial charge in [0, 0.05) is 12.6 Å². The van der Waals surface area contributed by atoms with Gasteiger partial charge < -0.3 is 15.0 Å². The summed E-state index contributed by atoms with van der Waals surface area (Å²) in [6.45, 7) is 7.22. The second-order valence-electron chi connectivity index (χ2n) is 6.13. The standard InChI is InChI=1S/C15H30N2O2/c1-6-19-14(18)15(3,16-4)11-17(5)13-9-7-12(2)8-10-13/h12-13,16H,6-11H2,1-5H3. The maximum absolute atomic E-state index is 12.1. The van der Waals surface area contributed by atoms with Crippen molar-refractivity contribution in [3.63, 3.8) is 0 Å². The van der Waals surface area contributed by atoms with Crippen molar-refractivity contribution >= 4 is 5.97 Å². The molecule has 0 bridgehead atoms. The number of carbonyl (C=O) groups is 1. The van der Waals surface area contributed by atoms with E-state index >= 15 is 0 Å². The highest BCUT2D eigenvalue weighted by atomic mass is 16.5. The molecular formula is C15H30N2O2. The number of rotatable bonds is 6. The highest BCUT2D eigenvalue weighted by molar-refractivity contribution is 5.80. The lowest BCUT2D eigenvalue weighted by Gasteiger charge is -2.38. The van der Waals surface area contributed by atoms with E-state index in [-0.39, 0.29) is 5.97 Å². The highest BCUT2D eigenvalue weighted by Gasteiger charge is 2.36. The van der Waals surface area contributed by atoms with Gasteiger partial charge in [-0.15, -0.1) is 0 Å². The second-order valence-corrected chi connectivity index (χ2v) is 6.13. The lowest BCUT2D eigenvalue weighted by atomic mass is 9.86. The zero-order valence-corrected chi connectivity index (χ0v) is 13.2. The minimum atomic E-state index is -0.617. The van der Waals surface area contributed by atoms with Crippen LogP contribution >= 0.6 is 0 Å². The maximum atomic E-state index is 12.1. The van der Waals surface area contributed by atoms with E-state index in [0.717, 1.165) is 5.92 Å². The van der Waals surface area contributed by atoms with Gasteiger partial charge in [-0.25, -0.2) is 0 Å². The third-order valence-electron chi connectivity index (χ3n) is 4.45. The monoisotopic (exact) mass is 270 g/mol. The van der Waals surface area contributed by atoms with Crippen molar-refractivity contribution in [1.29, 1.82) is 0 Å². The molecular weight excluding hydrogens is 240 g/mol. The zero-order valence-electron chi connectivity index (χ0n) is 13.2. The van der Waals surface area contributed by atoms with Gasteiger partial charge in [-0.05, 0) is 59.5 Å². The van der Waals surface area contributed by atoms with E-state index < -0.39 is 5.54 Å². The number of ether oxygens (including phenoxy) is 1. The van der Waals surface area contributed by atoms with Crippen molar-refractivity contribution < 1.29 is 9.53 Å². The fraction of sp³-hybridized carbons (Fsp3) is 0.933. The van der Waals surface area contributed by atoms with E-state index in [1.165, 1.54) is 25.7 Å². The summed E-state index contributed by atoms with van der Waals surface area (Å²) in [4.78, 5) is 14.4. The molecule has 1 atom stereocenters. The summed E-state index contributed by atoms with van der Waals surface area (Å²) < 4.78 is 5.18. The van der Waals surface area contributed by atoms with Crippen molar-refractivity contribution in [3.05, 3.63) is 0 Å². The van der Waals surface area contributed by atoms with Gasteiger partial charge in [0.1, 0.15) is 5.54 Å². The lowest BCUT2D eigenvalue weighted by Crippen LogP contribution is -2.57. The van der Waals surface area contributed by atoms with Gasteiger partial charge in [0.05, 0.1) is 6.61 Å². The fourth-order valence-corrected chi connectivity index (χ4v) is 2.85. The zero-order chi connectivity index (χ0) is 14.5. The molecule has 1 rings (SSSR count). The molecule has 1 aliphatic carbocycles. The number of likely N-dealkylation sites (N-methyl/N-ethyl adjacent to an activating group) is 2. The van der Waals surface area contributed by atoms with Crippen molar-refractivity contribution in [2.45, 2.75) is 58.0 Å². The van der Waals surface area contributed by atoms with E-state index in [1.54, 1.807) is 0 Å². The van der Waals surface area contributed by atoms with Crippen molar-refractivity contribution in [1.82, 2.24) is 10.2 Å². The van der Waals surface area contributed by atoms with Gasteiger partial charge in [-0.2, -0.15) is 0 Å². The Bertz CT molecular complexity index is 288. The van der Waals surface area contributed by atoms with Crippen molar-refractivity contribution in [2.75, 3.05) is 27.2 Å². The van der Waals surface area contributed by atoms with Gasteiger partial charge in [0.2, 0.25) is 0 Å². The van der Waals surface area contributed by atoms with Crippen LogP contribution in [0.3, 0.4) is 0 Å². The number of esters is 1. The number of carbonyl (C=O) groups excluding carboxylic acids is 1. The fourth-order valence-electron chi connectivity index (χ4n) is 2.85. The Kier molecular flexibility index (Phi) is 6.27. The molecule has 1 aliphatic rings. The van der Waals surface area contributed by atoms with Gasteiger partial charge in [-0.1, -0.05) is 6.92 Å². The predicted molar refractivity (Wildman–Crippen MR) is 78.1 cm³/mol. The summed E-state index contributed by atoms with van der Waals surface area (Å²) in [5.41, 5.74) is -0.617. The SMILES string of the molecule is CCOC(=O)C(C)(CN(C)C1CCC(C)CC1)NC. The average Bonchev–Trinajstić information content (AvgIpc) is 2.39. The number of hydrogen-bond acceptors (Lipinski definition) is 4. The predicted octanol–water partition coefficient (Wildman–Crippen LogP) is 2.04. The molecule has 1 fully saturated rings. The van der Waals surface area contributed by atoms with E-state index in [9.17, 15) is 4.79 Å². The van der Waals surface area contributed by atoms with E-state index in [4.69, 9.17) is 4.74 Å². The molecule has 1 saturated carbocycles. The first-order valence-corrected chi connectivity index (χ1v) is 7.49. The molecule has 1 N–H and O–H groups in total. The summed E-state index contributed by atoms with van der Waals surface area (Å²) in [5, 5.41) is 3.13. The Morgan fingerprint density at radius 1 is 1.37 bits per heavy atom. The van der Waals surface area contributed by atoms with Crippen LogP contribution in [-0.4, -0.2) is 49.7 Å². The maximum Gasteiger partial charge on any atom is 0.327 e. The van der Waals surface area contributed by atoms with E-state index in [2.05, 4.69) is 24.2 Å². The molecule has 0 heterocycles. The van der Waals surface area contributed by atoms with Crippen LogP contribution in [0.15, 0.2) is 0 Å². The van der Waals surface area contributed by atoms with Crippen molar-refractivity contribution in [3.8, 4) is 0 Å². The third-order valence-corrected chi connectivity index (χ3v) is 4.45. The average molecular weight is 270 g/mol. The summed E-state index contributed by atoms with van der Waals surface area (Å²) in [7, 11) is 3.95. The molecule has 4 heteroatoms. The Morgan fingerprint density at radius 3 is 2.42 bits per heavy atom. The molecule has 0 spiro atoms. The largest absolute Gasteiger partial charge is 0.465 e. The Hall–Kier alpha value is -0.610. The first-order valence-electron chi connectivity index (χ1n) is 7.49. The summed E-state index contributed by atoms with van der Waals surface area (Å²) >= 11 is 0. The summed E-state index contributed by atoms with van der Waals surface area (Å²) in [6, 6.07) is 0.596. The molecule has 0 aromatic rings. The van der Waals surface area contributed by atoms with Crippen LogP contribution in [0, 0.1) is 5.92 Å². The second kappa shape index (κ2) is 7.25. The quantitative estimate of drug-likeness (QED) is 0.750. The Morgan fingerprint density at radius 2 is 1.95 bits per heavy atom. The van der Waals surface area contributed by atoms with Crippen molar-refractivity contribution in [2.24, 2.45) is 5.92 Å². The van der Waals surface area contributed by atoms with Crippen LogP contribution in [0.4, 0.5) is 0 Å². The molecule has 0 aromatic heterocycles. The number of hydrogen-bond donors (Lipinski definition) is 1. The van der Waals surface area contributed by atoms with E-state index in [1.807, 2.05) is 20.9 Å². The van der Waals surface area contributed by atoms with Crippen LogP contribution in [0.5, 0.6) is 0 Å². The van der Waals surface area contributed by atoms with Gasteiger partial charge in [-0.3, -0.25) is 4.79 Å². The minimum absolute atomic E-state index is 0.159. The lowest BCUT2D eigenvalue weighted by molar-refractivity contribution is -0.151.